The number of halogens is 1. The molecule has 2 amide bonds. The first-order chi connectivity index (χ1) is 11.1. The summed E-state index contributed by atoms with van der Waals surface area (Å²) < 4.78 is 13.6. The smallest absolute Gasteiger partial charge is 0.240 e. The van der Waals surface area contributed by atoms with Gasteiger partial charge in [0.25, 0.3) is 0 Å². The number of benzene rings is 2. The van der Waals surface area contributed by atoms with Gasteiger partial charge in [-0.15, -0.1) is 0 Å². The maximum Gasteiger partial charge on any atom is 0.240 e. The average Bonchev–Trinajstić information content (AvgIpc) is 3.38. The van der Waals surface area contributed by atoms with Crippen LogP contribution in [0.1, 0.15) is 18.4 Å². The van der Waals surface area contributed by atoms with E-state index in [0.717, 1.165) is 5.56 Å². The topological polar surface area (TPSA) is 58.2 Å². The van der Waals surface area contributed by atoms with Crippen molar-refractivity contribution in [2.45, 2.75) is 19.4 Å². The predicted molar refractivity (Wildman–Crippen MR) is 85.0 cm³/mol. The van der Waals surface area contributed by atoms with Gasteiger partial charge in [-0.2, -0.15) is 0 Å². The van der Waals surface area contributed by atoms with E-state index in [1.54, 1.807) is 12.1 Å². The second kappa shape index (κ2) is 6.20. The van der Waals surface area contributed by atoms with Crippen LogP contribution < -0.4 is 10.6 Å². The molecule has 2 N–H and O–H groups in total. The van der Waals surface area contributed by atoms with Crippen molar-refractivity contribution >= 4 is 17.5 Å². The predicted octanol–water partition coefficient (Wildman–Crippen LogP) is 2.86. The minimum absolute atomic E-state index is 0.0969. The van der Waals surface area contributed by atoms with Gasteiger partial charge in [-0.3, -0.25) is 9.59 Å². The molecule has 0 aromatic heterocycles. The number of anilines is 1. The number of rotatable bonds is 5. The number of nitrogens with one attached hydrogen (secondary N) is 2. The highest BCUT2D eigenvalue weighted by atomic mass is 19.1. The van der Waals surface area contributed by atoms with Crippen LogP contribution in [0, 0.1) is 11.2 Å². The van der Waals surface area contributed by atoms with E-state index < -0.39 is 17.1 Å². The van der Waals surface area contributed by atoms with Crippen LogP contribution in [0.2, 0.25) is 0 Å². The Morgan fingerprint density at radius 1 is 0.957 bits per heavy atom. The molecule has 0 bridgehead atoms. The van der Waals surface area contributed by atoms with Crippen LogP contribution in [-0.2, 0) is 16.1 Å². The molecule has 4 nitrogen and oxygen atoms in total. The van der Waals surface area contributed by atoms with E-state index in [4.69, 9.17) is 0 Å². The second-order valence-corrected chi connectivity index (χ2v) is 5.68. The number of hydrogen-bond acceptors (Lipinski definition) is 2. The van der Waals surface area contributed by atoms with Crippen molar-refractivity contribution in [1.82, 2.24) is 5.32 Å². The number of amides is 2. The van der Waals surface area contributed by atoms with Crippen molar-refractivity contribution in [3.8, 4) is 0 Å². The van der Waals surface area contributed by atoms with Gasteiger partial charge in [-0.1, -0.05) is 42.5 Å². The van der Waals surface area contributed by atoms with Gasteiger partial charge in [-0.05, 0) is 30.5 Å². The van der Waals surface area contributed by atoms with Crippen LogP contribution in [0.4, 0.5) is 10.1 Å². The van der Waals surface area contributed by atoms with Gasteiger partial charge < -0.3 is 10.6 Å². The lowest BCUT2D eigenvalue weighted by Gasteiger charge is -2.15. The van der Waals surface area contributed by atoms with Crippen LogP contribution in [0.5, 0.6) is 0 Å². The first-order valence-electron chi connectivity index (χ1n) is 7.50. The zero-order valence-electron chi connectivity index (χ0n) is 12.5. The van der Waals surface area contributed by atoms with Crippen LogP contribution >= 0.6 is 0 Å². The van der Waals surface area contributed by atoms with E-state index >= 15 is 0 Å². The number of carbonyl (C=O) groups is 2. The summed E-state index contributed by atoms with van der Waals surface area (Å²) in [6.45, 7) is 0.369. The maximum atomic E-state index is 13.6. The summed E-state index contributed by atoms with van der Waals surface area (Å²) >= 11 is 0. The fraction of sp³-hybridized carbons (Fsp3) is 0.222. The van der Waals surface area contributed by atoms with Crippen LogP contribution in [0.25, 0.3) is 0 Å². The molecular weight excluding hydrogens is 295 g/mol. The molecule has 0 heterocycles. The first-order valence-corrected chi connectivity index (χ1v) is 7.50. The SMILES string of the molecule is O=C(NCc1ccccc1)C1(C(=O)Nc2ccccc2F)CC1. The average molecular weight is 312 g/mol. The van der Waals surface area contributed by atoms with E-state index in [2.05, 4.69) is 10.6 Å². The number of hydrogen-bond donors (Lipinski definition) is 2. The summed E-state index contributed by atoms with van der Waals surface area (Å²) in [5.74, 6) is -1.27. The molecule has 0 aliphatic heterocycles. The van der Waals surface area contributed by atoms with E-state index in [-0.39, 0.29) is 11.6 Å². The number of carbonyl (C=O) groups excluding carboxylic acids is 2. The van der Waals surface area contributed by atoms with Crippen LogP contribution in [0.3, 0.4) is 0 Å². The van der Waals surface area contributed by atoms with E-state index in [1.165, 1.54) is 12.1 Å². The lowest BCUT2D eigenvalue weighted by molar-refractivity contribution is -0.134. The Hall–Kier alpha value is -2.69. The molecule has 1 fully saturated rings. The summed E-state index contributed by atoms with van der Waals surface area (Å²) in [5.41, 5.74) is -0.0114. The van der Waals surface area contributed by atoms with Crippen LogP contribution in [0.15, 0.2) is 54.6 Å². The molecule has 118 valence electrons. The Morgan fingerprint density at radius 3 is 2.26 bits per heavy atom. The summed E-state index contributed by atoms with van der Waals surface area (Å²) in [5, 5.41) is 5.31. The molecule has 0 saturated heterocycles. The van der Waals surface area contributed by atoms with E-state index in [1.807, 2.05) is 30.3 Å². The highest BCUT2D eigenvalue weighted by Crippen LogP contribution is 2.47. The third kappa shape index (κ3) is 3.23. The number of para-hydroxylation sites is 1. The van der Waals surface area contributed by atoms with Gasteiger partial charge >= 0.3 is 0 Å². The van der Waals surface area contributed by atoms with Crippen molar-refractivity contribution < 1.29 is 14.0 Å². The normalized spacial score (nSPS) is 14.8. The highest BCUT2D eigenvalue weighted by molar-refractivity contribution is 6.13. The Bertz CT molecular complexity index is 727. The van der Waals surface area contributed by atoms with Gasteiger partial charge in [0.05, 0.1) is 5.69 Å². The fourth-order valence-corrected chi connectivity index (χ4v) is 2.43. The van der Waals surface area contributed by atoms with Gasteiger partial charge in [0.2, 0.25) is 11.8 Å². The lowest BCUT2D eigenvalue weighted by Crippen LogP contribution is -2.39. The molecule has 1 saturated carbocycles. The zero-order chi connectivity index (χ0) is 16.3. The third-order valence-electron chi connectivity index (χ3n) is 4.04. The molecule has 1 aliphatic carbocycles. The molecule has 0 radical (unpaired) electrons. The minimum atomic E-state index is -1.07. The minimum Gasteiger partial charge on any atom is -0.351 e. The Labute approximate surface area is 133 Å². The van der Waals surface area contributed by atoms with Crippen LogP contribution in [-0.4, -0.2) is 11.8 Å². The summed E-state index contributed by atoms with van der Waals surface area (Å²) in [6, 6.07) is 15.4. The Kier molecular flexibility index (Phi) is 4.10. The molecule has 0 unspecified atom stereocenters. The molecule has 5 heteroatoms. The second-order valence-electron chi connectivity index (χ2n) is 5.68. The Morgan fingerprint density at radius 2 is 1.61 bits per heavy atom. The first kappa shape index (κ1) is 15.2. The molecule has 2 aromatic carbocycles. The van der Waals surface area contributed by atoms with Gasteiger partial charge in [0, 0.05) is 6.54 Å². The van der Waals surface area contributed by atoms with Crippen molar-refractivity contribution in [2.75, 3.05) is 5.32 Å². The maximum absolute atomic E-state index is 13.6. The monoisotopic (exact) mass is 312 g/mol. The third-order valence-corrected chi connectivity index (χ3v) is 4.04. The molecule has 0 atom stereocenters. The molecule has 1 aliphatic rings. The molecular formula is C18H17FN2O2. The van der Waals surface area contributed by atoms with Crippen molar-refractivity contribution in [2.24, 2.45) is 5.41 Å². The van der Waals surface area contributed by atoms with Crippen molar-refractivity contribution in [3.05, 3.63) is 66.0 Å². The zero-order valence-corrected chi connectivity index (χ0v) is 12.5. The highest BCUT2D eigenvalue weighted by Gasteiger charge is 2.56. The standard InChI is InChI=1S/C18H17FN2O2/c19-14-8-4-5-9-15(14)21-17(23)18(10-11-18)16(22)20-12-13-6-2-1-3-7-13/h1-9H,10-12H2,(H,20,22)(H,21,23). The summed E-state index contributed by atoms with van der Waals surface area (Å²) in [4.78, 5) is 24.7. The molecule has 2 aromatic rings. The summed E-state index contributed by atoms with van der Waals surface area (Å²) in [7, 11) is 0. The summed E-state index contributed by atoms with van der Waals surface area (Å²) in [6.07, 6.45) is 0.960. The van der Waals surface area contributed by atoms with Crippen molar-refractivity contribution in [1.29, 1.82) is 0 Å². The molecule has 23 heavy (non-hydrogen) atoms. The largest absolute Gasteiger partial charge is 0.351 e. The van der Waals surface area contributed by atoms with Gasteiger partial charge in [-0.25, -0.2) is 4.39 Å². The van der Waals surface area contributed by atoms with Gasteiger partial charge in [0.1, 0.15) is 11.2 Å². The lowest BCUT2D eigenvalue weighted by atomic mass is 10.0. The fourth-order valence-electron chi connectivity index (χ4n) is 2.43. The molecule has 3 rings (SSSR count). The quantitative estimate of drug-likeness (QED) is 0.834. The van der Waals surface area contributed by atoms with Crippen molar-refractivity contribution in [3.63, 3.8) is 0 Å². The van der Waals surface area contributed by atoms with Gasteiger partial charge in [0.15, 0.2) is 0 Å². The molecule has 0 spiro atoms. The Balaban J connectivity index is 1.63. The van der Waals surface area contributed by atoms with E-state index in [0.29, 0.717) is 19.4 Å². The van der Waals surface area contributed by atoms with E-state index in [9.17, 15) is 14.0 Å².